The molecule has 0 bridgehead atoms. The number of aliphatic carboxylic acids is 1. The van der Waals surface area contributed by atoms with Gasteiger partial charge in [0, 0.05) is 29.4 Å². The number of piperidine rings is 1. The highest BCUT2D eigenvalue weighted by Crippen LogP contribution is 2.28. The topological polar surface area (TPSA) is 144 Å². The lowest BCUT2D eigenvalue weighted by Crippen LogP contribution is -2.59. The zero-order chi connectivity index (χ0) is 31.0. The Kier molecular flexibility index (Phi) is 12.6. The molecule has 0 saturated carbocycles. The normalized spacial score (nSPS) is 19.3. The lowest BCUT2D eigenvalue weighted by atomic mass is 9.97. The van der Waals surface area contributed by atoms with Crippen LogP contribution in [0.4, 0.5) is 4.79 Å². The number of carbonyl (C=O) groups is 4. The Bertz CT molecular complexity index is 1240. The van der Waals surface area contributed by atoms with E-state index >= 15 is 0 Å². The monoisotopic (exact) mass is 665 g/mol. The number of aromatic amines is 1. The SMILES string of the molecule is CSCC[C@@H](NC(=O)[C@@H](Cc1c(Br)[nH]c2ccccc12)NC(=O)[C@H](CC(C)C)NC(=O)N1[C@H](C)CCC[C@@H]1C)C(=O)O. The number of likely N-dealkylation sites (tertiary alicyclic amines) is 1. The van der Waals surface area contributed by atoms with Crippen LogP contribution in [0.25, 0.3) is 10.9 Å². The Morgan fingerprint density at radius 1 is 1.02 bits per heavy atom. The highest BCUT2D eigenvalue weighted by atomic mass is 79.9. The first-order valence-corrected chi connectivity index (χ1v) is 16.8. The van der Waals surface area contributed by atoms with Gasteiger partial charge in [-0.1, -0.05) is 32.0 Å². The van der Waals surface area contributed by atoms with Gasteiger partial charge in [-0.3, -0.25) is 9.59 Å². The summed E-state index contributed by atoms with van der Waals surface area (Å²) in [5, 5.41) is 19.1. The number of hydrogen-bond donors (Lipinski definition) is 5. The Hall–Kier alpha value is -2.73. The van der Waals surface area contributed by atoms with Crippen molar-refractivity contribution < 1.29 is 24.3 Å². The first-order valence-electron chi connectivity index (χ1n) is 14.6. The van der Waals surface area contributed by atoms with E-state index < -0.39 is 35.9 Å². The molecule has 0 spiro atoms. The molecule has 4 amide bonds. The molecule has 10 nitrogen and oxygen atoms in total. The zero-order valence-corrected chi connectivity index (χ0v) is 27.4. The van der Waals surface area contributed by atoms with E-state index in [4.69, 9.17) is 0 Å². The summed E-state index contributed by atoms with van der Waals surface area (Å²) in [5.74, 6) is -1.57. The smallest absolute Gasteiger partial charge is 0.326 e. The standard InChI is InChI=1S/C30H44BrN5O5S/c1-17(2)15-24(35-30(41)36-18(3)9-8-10-19(36)4)27(37)34-25(28(38)33-23(29(39)40)13-14-42-5)16-21-20-11-6-7-12-22(20)32-26(21)31/h6-7,11-12,17-19,23-25,32H,8-10,13-16H2,1-5H3,(H,33,38)(H,34,37)(H,35,41)(H,39,40)/t18-,19+,23-,24+,25-/m1/s1. The minimum absolute atomic E-state index is 0.0588. The molecule has 0 aliphatic carbocycles. The van der Waals surface area contributed by atoms with Crippen LogP contribution in [0.1, 0.15) is 65.4 Å². The van der Waals surface area contributed by atoms with Crippen LogP contribution in [0.2, 0.25) is 0 Å². The number of aromatic nitrogens is 1. The number of H-pyrrole nitrogens is 1. The number of fused-ring (bicyclic) bond motifs is 1. The first kappa shape index (κ1) is 33.8. The molecule has 1 aromatic carbocycles. The van der Waals surface area contributed by atoms with Gasteiger partial charge in [0.1, 0.15) is 18.1 Å². The molecule has 1 aliphatic rings. The molecule has 232 valence electrons. The van der Waals surface area contributed by atoms with Crippen LogP contribution in [-0.2, 0) is 20.8 Å². The van der Waals surface area contributed by atoms with Crippen molar-refractivity contribution in [1.82, 2.24) is 25.8 Å². The van der Waals surface area contributed by atoms with E-state index in [0.29, 0.717) is 16.8 Å². The minimum Gasteiger partial charge on any atom is -0.480 e. The van der Waals surface area contributed by atoms with E-state index in [1.807, 2.05) is 58.2 Å². The molecule has 42 heavy (non-hydrogen) atoms. The fraction of sp³-hybridized carbons (Fsp3) is 0.600. The number of carbonyl (C=O) groups excluding carboxylic acids is 3. The van der Waals surface area contributed by atoms with Crippen molar-refractivity contribution in [3.05, 3.63) is 34.4 Å². The van der Waals surface area contributed by atoms with Crippen LogP contribution in [0.5, 0.6) is 0 Å². The fourth-order valence-corrected chi connectivity index (χ4v) is 6.63. The van der Waals surface area contributed by atoms with Crippen molar-refractivity contribution in [3.8, 4) is 0 Å². The largest absolute Gasteiger partial charge is 0.480 e. The number of nitrogens with one attached hydrogen (secondary N) is 4. The fourth-order valence-electron chi connectivity index (χ4n) is 5.57. The molecule has 1 fully saturated rings. The summed E-state index contributed by atoms with van der Waals surface area (Å²) in [7, 11) is 0. The number of hydrogen-bond acceptors (Lipinski definition) is 5. The Morgan fingerprint density at radius 3 is 2.26 bits per heavy atom. The predicted octanol–water partition coefficient (Wildman–Crippen LogP) is 4.67. The summed E-state index contributed by atoms with van der Waals surface area (Å²) in [4.78, 5) is 57.7. The van der Waals surface area contributed by atoms with Gasteiger partial charge < -0.3 is 30.9 Å². The molecular weight excluding hydrogens is 622 g/mol. The first-order chi connectivity index (χ1) is 19.9. The van der Waals surface area contributed by atoms with Gasteiger partial charge >= 0.3 is 12.0 Å². The Labute approximate surface area is 260 Å². The summed E-state index contributed by atoms with van der Waals surface area (Å²) in [5.41, 5.74) is 1.64. The quantitative estimate of drug-likeness (QED) is 0.210. The average molecular weight is 667 g/mol. The lowest BCUT2D eigenvalue weighted by Gasteiger charge is -2.39. The number of thioether (sulfide) groups is 1. The van der Waals surface area contributed by atoms with E-state index in [2.05, 4.69) is 36.9 Å². The van der Waals surface area contributed by atoms with Crippen LogP contribution in [0.3, 0.4) is 0 Å². The maximum atomic E-state index is 13.8. The van der Waals surface area contributed by atoms with E-state index in [0.717, 1.165) is 35.7 Å². The van der Waals surface area contributed by atoms with Gasteiger partial charge in [0.25, 0.3) is 0 Å². The molecule has 5 N–H and O–H groups in total. The van der Waals surface area contributed by atoms with Gasteiger partial charge in [-0.2, -0.15) is 11.8 Å². The van der Waals surface area contributed by atoms with Crippen LogP contribution in [0, 0.1) is 5.92 Å². The molecule has 12 heteroatoms. The molecule has 2 heterocycles. The maximum absolute atomic E-state index is 13.8. The van der Waals surface area contributed by atoms with E-state index in [-0.39, 0.29) is 36.9 Å². The van der Waals surface area contributed by atoms with Gasteiger partial charge in [-0.05, 0) is 91.4 Å². The molecule has 5 atom stereocenters. The number of para-hydroxylation sites is 1. The number of urea groups is 1. The number of rotatable bonds is 13. The highest BCUT2D eigenvalue weighted by Gasteiger charge is 2.34. The second-order valence-electron chi connectivity index (χ2n) is 11.6. The third kappa shape index (κ3) is 8.89. The van der Waals surface area contributed by atoms with Crippen LogP contribution in [-0.4, -0.2) is 81.0 Å². The van der Waals surface area contributed by atoms with Crippen LogP contribution >= 0.6 is 27.7 Å². The number of benzene rings is 1. The van der Waals surface area contributed by atoms with Crippen LogP contribution < -0.4 is 16.0 Å². The Balaban J connectivity index is 1.88. The molecule has 0 unspecified atom stereocenters. The van der Waals surface area contributed by atoms with Gasteiger partial charge in [0.15, 0.2) is 0 Å². The zero-order valence-electron chi connectivity index (χ0n) is 25.0. The van der Waals surface area contributed by atoms with E-state index in [9.17, 15) is 24.3 Å². The molecule has 1 aromatic heterocycles. The Morgan fingerprint density at radius 2 is 1.64 bits per heavy atom. The number of amides is 4. The molecule has 1 aliphatic heterocycles. The minimum atomic E-state index is -1.13. The average Bonchev–Trinajstić information content (AvgIpc) is 3.24. The summed E-state index contributed by atoms with van der Waals surface area (Å²) in [6, 6.07) is 4.40. The maximum Gasteiger partial charge on any atom is 0.326 e. The third-order valence-electron chi connectivity index (χ3n) is 7.78. The molecule has 0 radical (unpaired) electrons. The molecule has 3 rings (SSSR count). The number of halogens is 1. The molecule has 1 saturated heterocycles. The van der Waals surface area contributed by atoms with Gasteiger partial charge in [0.2, 0.25) is 11.8 Å². The van der Waals surface area contributed by atoms with Crippen molar-refractivity contribution in [2.24, 2.45) is 5.92 Å². The van der Waals surface area contributed by atoms with Crippen molar-refractivity contribution in [2.75, 3.05) is 12.0 Å². The van der Waals surface area contributed by atoms with Gasteiger partial charge in [-0.15, -0.1) is 0 Å². The number of carboxylic acids is 1. The lowest BCUT2D eigenvalue weighted by molar-refractivity contribution is -0.142. The van der Waals surface area contributed by atoms with Crippen molar-refractivity contribution in [3.63, 3.8) is 0 Å². The van der Waals surface area contributed by atoms with Crippen molar-refractivity contribution in [1.29, 1.82) is 0 Å². The third-order valence-corrected chi connectivity index (χ3v) is 9.10. The van der Waals surface area contributed by atoms with Gasteiger partial charge in [-0.25, -0.2) is 9.59 Å². The molecular formula is C30H44BrN5O5S. The van der Waals surface area contributed by atoms with E-state index in [1.165, 1.54) is 11.8 Å². The second-order valence-corrected chi connectivity index (χ2v) is 13.4. The summed E-state index contributed by atoms with van der Waals surface area (Å²) in [6.07, 6.45) is 5.47. The molecule has 2 aromatic rings. The van der Waals surface area contributed by atoms with Crippen molar-refractivity contribution in [2.45, 2.75) is 96.4 Å². The number of carboxylic acid groups (broad SMARTS) is 1. The van der Waals surface area contributed by atoms with Crippen molar-refractivity contribution >= 4 is 62.4 Å². The summed E-state index contributed by atoms with van der Waals surface area (Å²) in [6.45, 7) is 7.97. The second kappa shape index (κ2) is 15.7. The van der Waals surface area contributed by atoms with Crippen LogP contribution in [0.15, 0.2) is 28.9 Å². The summed E-state index contributed by atoms with van der Waals surface area (Å²) >= 11 is 5.04. The predicted molar refractivity (Wildman–Crippen MR) is 171 cm³/mol. The van der Waals surface area contributed by atoms with Gasteiger partial charge in [0.05, 0.1) is 4.60 Å². The highest BCUT2D eigenvalue weighted by molar-refractivity contribution is 9.10. The summed E-state index contributed by atoms with van der Waals surface area (Å²) < 4.78 is 0.674. The number of nitrogens with zero attached hydrogens (tertiary/aromatic N) is 1. The van der Waals surface area contributed by atoms with E-state index in [1.54, 1.807) is 4.90 Å².